The van der Waals surface area contributed by atoms with Crippen LogP contribution in [0.15, 0.2) is 142 Å². The van der Waals surface area contributed by atoms with E-state index in [1.54, 1.807) is 0 Å². The van der Waals surface area contributed by atoms with Crippen molar-refractivity contribution in [3.05, 3.63) is 211 Å². The Kier molecular flexibility index (Phi) is 19.5. The average molecular weight is 1170 g/mol. The van der Waals surface area contributed by atoms with E-state index in [0.717, 1.165) is 104 Å². The molecule has 0 aromatic heterocycles. The maximum atomic E-state index is 7.33. The summed E-state index contributed by atoms with van der Waals surface area (Å²) in [4.78, 5) is 17.3. The molecule has 456 valence electrons. The zero-order chi connectivity index (χ0) is 61.3. The smallest absolute Gasteiger partial charge is 0.128 e. The van der Waals surface area contributed by atoms with Gasteiger partial charge >= 0.3 is 0 Å². The molecule has 7 aromatic rings. The van der Waals surface area contributed by atoms with E-state index in [1.807, 2.05) is 73.2 Å². The van der Waals surface area contributed by atoms with Crippen LogP contribution in [0, 0.1) is 0 Å². The molecule has 10 rings (SSSR count). The molecule has 0 amide bonds. The van der Waals surface area contributed by atoms with Crippen LogP contribution in [0.4, 0.5) is 0 Å². The molecular formula is C77H92N4O6. The third kappa shape index (κ3) is 16.3. The third-order valence-electron chi connectivity index (χ3n) is 16.6. The number of ether oxygens (including phenoxy) is 6. The number of hydrogen-bond donors (Lipinski definition) is 0. The van der Waals surface area contributed by atoms with Crippen molar-refractivity contribution in [2.45, 2.75) is 130 Å². The molecule has 2 heterocycles. The van der Waals surface area contributed by atoms with E-state index in [0.29, 0.717) is 85.0 Å². The molecule has 0 atom stereocenters. The van der Waals surface area contributed by atoms with Gasteiger partial charge in [-0.25, -0.2) is 0 Å². The summed E-state index contributed by atoms with van der Waals surface area (Å²) in [6.07, 6.45) is 8.21. The molecule has 0 saturated heterocycles. The molecule has 12 bridgehead atoms. The van der Waals surface area contributed by atoms with Crippen LogP contribution < -0.4 is 28.4 Å². The molecule has 7 aromatic carbocycles. The fourth-order valence-corrected chi connectivity index (χ4v) is 11.6. The highest BCUT2D eigenvalue weighted by Gasteiger charge is 2.29. The van der Waals surface area contributed by atoms with Crippen molar-refractivity contribution < 1.29 is 28.4 Å². The van der Waals surface area contributed by atoms with Crippen molar-refractivity contribution in [1.29, 1.82) is 0 Å². The second-order valence-electron chi connectivity index (χ2n) is 27.8. The van der Waals surface area contributed by atoms with Crippen molar-refractivity contribution in [1.82, 2.24) is 4.90 Å². The number of rotatable bonds is 0. The summed E-state index contributed by atoms with van der Waals surface area (Å²) in [5, 5.41) is 0. The Bertz CT molecular complexity index is 3440. The molecule has 10 heteroatoms. The fourth-order valence-electron chi connectivity index (χ4n) is 11.6. The van der Waals surface area contributed by atoms with Gasteiger partial charge in [-0.1, -0.05) is 174 Å². The molecule has 2 aliphatic heterocycles. The van der Waals surface area contributed by atoms with Gasteiger partial charge in [-0.15, -0.1) is 0 Å². The molecule has 3 aliphatic rings. The van der Waals surface area contributed by atoms with Crippen molar-refractivity contribution in [2.75, 3.05) is 78.9 Å². The molecule has 10 nitrogen and oxygen atoms in total. The summed E-state index contributed by atoms with van der Waals surface area (Å²) >= 11 is 0. The van der Waals surface area contributed by atoms with Crippen molar-refractivity contribution in [3.63, 3.8) is 0 Å². The van der Waals surface area contributed by atoms with Gasteiger partial charge in [0.25, 0.3) is 0 Å². The first-order valence-corrected chi connectivity index (χ1v) is 31.5. The first-order valence-electron chi connectivity index (χ1n) is 31.5. The van der Waals surface area contributed by atoms with Gasteiger partial charge in [-0.05, 0) is 125 Å². The Hall–Kier alpha value is -7.69. The number of nitrogens with zero attached hydrogens (tertiary/aromatic N) is 4. The van der Waals surface area contributed by atoms with Gasteiger partial charge in [0.2, 0.25) is 0 Å². The topological polar surface area (TPSA) is 95.7 Å². The highest BCUT2D eigenvalue weighted by Crippen LogP contribution is 2.43. The van der Waals surface area contributed by atoms with Crippen LogP contribution in [0.5, 0.6) is 34.5 Å². The molecule has 87 heavy (non-hydrogen) atoms. The standard InChI is InChI=1S/C77H92N4O6/c1-74(2,3)64-40-53-37-54(41-64)39-59-45-66(76(7,8)9)47-61-43-63-49-67(77(10,11)12)48-62-42-60-46-65(75(4,5)6)44-58(38-53)71(60)85-34-31-82-68-22-16-13-19-55(68)50-78-25-28-81(29-26-79-51-56-20-14-17-23-69(56)83-32-35-86-72(59)61)30-27-80-52-57-21-15-18-24-70(57)84-33-36-87-73(62)63/h13-24,37,40-41,44-52H,25-36,38-39,42-43H2,1-12H3. The number of benzene rings is 7. The minimum absolute atomic E-state index is 0.129. The first kappa shape index (κ1) is 62.4. The van der Waals surface area contributed by atoms with Crippen LogP contribution in [0.3, 0.4) is 0 Å². The monoisotopic (exact) mass is 1170 g/mol. The highest BCUT2D eigenvalue weighted by atomic mass is 16.5. The quantitative estimate of drug-likeness (QED) is 0.149. The third-order valence-corrected chi connectivity index (χ3v) is 16.6. The lowest BCUT2D eigenvalue weighted by Gasteiger charge is -2.28. The maximum Gasteiger partial charge on any atom is 0.128 e. The highest BCUT2D eigenvalue weighted by molar-refractivity contribution is 5.84. The van der Waals surface area contributed by atoms with Gasteiger partial charge < -0.3 is 28.4 Å². The first-order chi connectivity index (χ1) is 41.6. The van der Waals surface area contributed by atoms with Gasteiger partial charge in [0, 0.05) is 80.7 Å². The van der Waals surface area contributed by atoms with Crippen LogP contribution >= 0.6 is 0 Å². The Morgan fingerprint density at radius 1 is 0.310 bits per heavy atom. The van der Waals surface area contributed by atoms with Gasteiger partial charge in [-0.3, -0.25) is 19.9 Å². The maximum absolute atomic E-state index is 7.33. The number of hydrogen-bond acceptors (Lipinski definition) is 10. The number of aliphatic imine (C=N–C) groups is 3. The molecule has 0 saturated carbocycles. The Labute approximate surface area is 519 Å². The fraction of sp³-hybridized carbons (Fsp3) is 0.416. The SMILES string of the molecule is CC(C)(C)c1cc2cc(c1)Cc1cc(C(C)(C)C)cc3c1OCCOc1ccccc1C=NCCN1CCN=Cc4ccccc4OCCOc4c(cc(C(C)(C)C)cc4Cc4cc(C(C)(C)C)cc(c4OCCOc4ccccc4C=NCC1)C3)C2. The van der Waals surface area contributed by atoms with Crippen LogP contribution in [0.2, 0.25) is 0 Å². The minimum Gasteiger partial charge on any atom is -0.489 e. The second kappa shape index (κ2) is 27.1. The zero-order valence-corrected chi connectivity index (χ0v) is 53.9. The minimum atomic E-state index is -0.216. The lowest BCUT2D eigenvalue weighted by atomic mass is 9.79. The second-order valence-corrected chi connectivity index (χ2v) is 27.8. The van der Waals surface area contributed by atoms with Crippen molar-refractivity contribution >= 4 is 18.6 Å². The molecule has 0 radical (unpaired) electrons. The molecule has 0 N–H and O–H groups in total. The van der Waals surface area contributed by atoms with Gasteiger partial charge in [0.1, 0.15) is 74.1 Å². The van der Waals surface area contributed by atoms with E-state index >= 15 is 0 Å². The van der Waals surface area contributed by atoms with Gasteiger partial charge in [-0.2, -0.15) is 0 Å². The Morgan fingerprint density at radius 2 is 0.575 bits per heavy atom. The summed E-state index contributed by atoms with van der Waals surface area (Å²) in [5.74, 6) is 4.88. The normalized spacial score (nSPS) is 16.8. The van der Waals surface area contributed by atoms with E-state index in [9.17, 15) is 0 Å². The predicted molar refractivity (Wildman–Crippen MR) is 358 cm³/mol. The van der Waals surface area contributed by atoms with E-state index in [1.165, 1.54) is 33.4 Å². The molecular weight excluding hydrogens is 1080 g/mol. The average Bonchev–Trinajstić information content (AvgIpc) is 1.20. The summed E-state index contributed by atoms with van der Waals surface area (Å²) in [6.45, 7) is 33.6. The van der Waals surface area contributed by atoms with Crippen LogP contribution in [-0.4, -0.2) is 102 Å². The van der Waals surface area contributed by atoms with E-state index in [4.69, 9.17) is 43.4 Å². The van der Waals surface area contributed by atoms with E-state index < -0.39 is 0 Å². The van der Waals surface area contributed by atoms with E-state index in [-0.39, 0.29) is 21.7 Å². The van der Waals surface area contributed by atoms with Crippen LogP contribution in [0.1, 0.15) is 167 Å². The van der Waals surface area contributed by atoms with Crippen molar-refractivity contribution in [3.8, 4) is 34.5 Å². The summed E-state index contributed by atoms with van der Waals surface area (Å²) in [6, 6.07) is 46.0. The molecule has 0 spiro atoms. The number of fused-ring (bicyclic) bond motifs is 10. The van der Waals surface area contributed by atoms with Gasteiger partial charge in [0.15, 0.2) is 0 Å². The van der Waals surface area contributed by atoms with Crippen molar-refractivity contribution in [2.24, 2.45) is 15.0 Å². The summed E-state index contributed by atoms with van der Waals surface area (Å²) in [5.41, 5.74) is 16.1. The largest absolute Gasteiger partial charge is 0.489 e. The Balaban J connectivity index is 1.23. The number of para-hydroxylation sites is 3. The molecule has 0 fully saturated rings. The van der Waals surface area contributed by atoms with Crippen LogP contribution in [-0.2, 0) is 47.3 Å². The zero-order valence-electron chi connectivity index (χ0n) is 53.9. The Morgan fingerprint density at radius 3 is 0.874 bits per heavy atom. The summed E-state index contributed by atoms with van der Waals surface area (Å²) in [7, 11) is 0. The lowest BCUT2D eigenvalue weighted by Crippen LogP contribution is -2.31. The lowest BCUT2D eigenvalue weighted by molar-refractivity contribution is 0.212. The predicted octanol–water partition coefficient (Wildman–Crippen LogP) is 15.5. The summed E-state index contributed by atoms with van der Waals surface area (Å²) < 4.78 is 41.9. The molecule has 1 aliphatic carbocycles. The van der Waals surface area contributed by atoms with Gasteiger partial charge in [0.05, 0.1) is 19.6 Å². The van der Waals surface area contributed by atoms with Crippen LogP contribution in [0.25, 0.3) is 0 Å². The van der Waals surface area contributed by atoms with E-state index in [2.05, 4.69) is 161 Å². The molecule has 0 unspecified atom stereocenters.